The highest BCUT2D eigenvalue weighted by atomic mass is 35.5. The van der Waals surface area contributed by atoms with E-state index in [1.165, 1.54) is 4.80 Å². The van der Waals surface area contributed by atoms with E-state index in [0.29, 0.717) is 39.7 Å². The van der Waals surface area contributed by atoms with Crippen LogP contribution in [0, 0.1) is 0 Å². The van der Waals surface area contributed by atoms with E-state index >= 15 is 0 Å². The summed E-state index contributed by atoms with van der Waals surface area (Å²) >= 11 is 6.15. The predicted molar refractivity (Wildman–Crippen MR) is 93.5 cm³/mol. The minimum absolute atomic E-state index is 0.277. The lowest BCUT2D eigenvalue weighted by Crippen LogP contribution is -2.25. The Kier molecular flexibility index (Phi) is 4.38. The number of rotatable bonds is 4. The molecule has 1 aliphatic heterocycles. The molecule has 6 nitrogen and oxygen atoms in total. The molecular weight excluding hydrogens is 342 g/mol. The van der Waals surface area contributed by atoms with Gasteiger partial charge in [0.15, 0.2) is 6.29 Å². The number of hydrogen-bond acceptors (Lipinski definition) is 5. The molecule has 1 aromatic heterocycles. The first-order valence-corrected chi connectivity index (χ1v) is 8.51. The standard InChI is InChI=1S/C18H16ClN3O3/c19-13-5-7-17(25-18-3-1-2-8-24-18)16(10-13)22-20-14-6-4-12(11-23)9-15(14)21-22/h4-7,9-11,18H,1-3,8H2. The Morgan fingerprint density at radius 1 is 1.16 bits per heavy atom. The van der Waals surface area contributed by atoms with E-state index in [-0.39, 0.29) is 6.29 Å². The number of fused-ring (bicyclic) bond motifs is 1. The van der Waals surface area contributed by atoms with E-state index in [1.54, 1.807) is 36.4 Å². The monoisotopic (exact) mass is 357 g/mol. The zero-order valence-corrected chi connectivity index (χ0v) is 14.1. The topological polar surface area (TPSA) is 66.2 Å². The summed E-state index contributed by atoms with van der Waals surface area (Å²) in [6.45, 7) is 0.700. The Balaban J connectivity index is 1.73. The Morgan fingerprint density at radius 2 is 2.04 bits per heavy atom. The first-order valence-electron chi connectivity index (χ1n) is 8.13. The first kappa shape index (κ1) is 16.1. The van der Waals surface area contributed by atoms with Crippen LogP contribution in [0.15, 0.2) is 36.4 Å². The SMILES string of the molecule is O=Cc1ccc2nn(-c3cc(Cl)ccc3OC3CCCCO3)nc2c1. The number of halogens is 1. The maximum atomic E-state index is 10.9. The van der Waals surface area contributed by atoms with Crippen molar-refractivity contribution in [1.29, 1.82) is 0 Å². The van der Waals surface area contributed by atoms with Crippen molar-refractivity contribution in [1.82, 2.24) is 15.0 Å². The molecule has 1 saturated heterocycles. The van der Waals surface area contributed by atoms with Gasteiger partial charge in [0.1, 0.15) is 28.8 Å². The second-order valence-electron chi connectivity index (χ2n) is 5.88. The highest BCUT2D eigenvalue weighted by Crippen LogP contribution is 2.29. The van der Waals surface area contributed by atoms with Gasteiger partial charge in [-0.2, -0.15) is 0 Å². The molecule has 1 atom stereocenters. The summed E-state index contributed by atoms with van der Waals surface area (Å²) in [4.78, 5) is 12.4. The molecule has 128 valence electrons. The van der Waals surface area contributed by atoms with E-state index in [0.717, 1.165) is 25.5 Å². The van der Waals surface area contributed by atoms with Gasteiger partial charge in [-0.25, -0.2) is 0 Å². The zero-order valence-electron chi connectivity index (χ0n) is 13.4. The molecule has 1 unspecified atom stereocenters. The molecule has 0 N–H and O–H groups in total. The first-order chi connectivity index (χ1) is 12.2. The van der Waals surface area contributed by atoms with E-state index < -0.39 is 0 Å². The van der Waals surface area contributed by atoms with Crippen molar-refractivity contribution < 1.29 is 14.3 Å². The van der Waals surface area contributed by atoms with Gasteiger partial charge in [-0.05, 0) is 49.2 Å². The van der Waals surface area contributed by atoms with Gasteiger partial charge in [-0.1, -0.05) is 11.6 Å². The van der Waals surface area contributed by atoms with Crippen LogP contribution >= 0.6 is 11.6 Å². The van der Waals surface area contributed by atoms with Gasteiger partial charge >= 0.3 is 0 Å². The molecule has 0 radical (unpaired) electrons. The third kappa shape index (κ3) is 3.36. The van der Waals surface area contributed by atoms with Gasteiger partial charge in [0.05, 0.1) is 6.61 Å². The van der Waals surface area contributed by atoms with Crippen LogP contribution in [0.3, 0.4) is 0 Å². The molecule has 3 aromatic rings. The van der Waals surface area contributed by atoms with Crippen LogP contribution < -0.4 is 4.74 Å². The number of carbonyl (C=O) groups is 1. The fraction of sp³-hybridized carbons (Fsp3) is 0.278. The quantitative estimate of drug-likeness (QED) is 0.664. The molecule has 0 spiro atoms. The van der Waals surface area contributed by atoms with Crippen molar-refractivity contribution in [3.63, 3.8) is 0 Å². The molecule has 25 heavy (non-hydrogen) atoms. The van der Waals surface area contributed by atoms with Gasteiger partial charge in [-0.15, -0.1) is 15.0 Å². The summed E-state index contributed by atoms with van der Waals surface area (Å²) in [6.07, 6.45) is 3.48. The molecule has 2 heterocycles. The van der Waals surface area contributed by atoms with Crippen molar-refractivity contribution in [2.24, 2.45) is 0 Å². The van der Waals surface area contributed by atoms with E-state index in [1.807, 2.05) is 0 Å². The lowest BCUT2D eigenvalue weighted by Gasteiger charge is -2.24. The van der Waals surface area contributed by atoms with Crippen LogP contribution in [0.1, 0.15) is 29.6 Å². The summed E-state index contributed by atoms with van der Waals surface area (Å²) in [6, 6.07) is 10.5. The van der Waals surface area contributed by atoms with Crippen LogP contribution in [0.5, 0.6) is 5.75 Å². The van der Waals surface area contributed by atoms with E-state index in [9.17, 15) is 4.79 Å². The summed E-state index contributed by atoms with van der Waals surface area (Å²) in [5, 5.41) is 9.47. The number of aromatic nitrogens is 3. The molecule has 7 heteroatoms. The van der Waals surface area contributed by atoms with Crippen molar-refractivity contribution in [3.05, 3.63) is 47.0 Å². The van der Waals surface area contributed by atoms with Crippen LogP contribution in [-0.4, -0.2) is 34.2 Å². The average molecular weight is 358 g/mol. The van der Waals surface area contributed by atoms with Gasteiger partial charge in [0, 0.05) is 17.0 Å². The van der Waals surface area contributed by atoms with Crippen LogP contribution in [-0.2, 0) is 4.74 Å². The summed E-state index contributed by atoms with van der Waals surface area (Å²) in [5.74, 6) is 0.604. The molecule has 4 rings (SSSR count). The number of carbonyl (C=O) groups excluding carboxylic acids is 1. The van der Waals surface area contributed by atoms with Gasteiger partial charge in [0.25, 0.3) is 0 Å². The summed E-state index contributed by atoms with van der Waals surface area (Å²) in [7, 11) is 0. The predicted octanol–water partition coefficient (Wildman–Crippen LogP) is 3.79. The number of nitrogens with zero attached hydrogens (tertiary/aromatic N) is 3. The zero-order chi connectivity index (χ0) is 17.2. The molecule has 0 saturated carbocycles. The Labute approximate surface area is 149 Å². The summed E-state index contributed by atoms with van der Waals surface area (Å²) in [5.41, 5.74) is 2.50. The Bertz CT molecular complexity index is 919. The van der Waals surface area contributed by atoms with E-state index in [2.05, 4.69) is 10.2 Å². The largest absolute Gasteiger partial charge is 0.463 e. The molecule has 2 aromatic carbocycles. The van der Waals surface area contributed by atoms with Crippen LogP contribution in [0.4, 0.5) is 0 Å². The minimum Gasteiger partial charge on any atom is -0.463 e. The molecule has 1 fully saturated rings. The number of ether oxygens (including phenoxy) is 2. The average Bonchev–Trinajstić information content (AvgIpc) is 3.07. The second-order valence-corrected chi connectivity index (χ2v) is 6.32. The maximum Gasteiger partial charge on any atom is 0.199 e. The normalized spacial score (nSPS) is 17.6. The highest BCUT2D eigenvalue weighted by Gasteiger charge is 2.19. The van der Waals surface area contributed by atoms with Crippen molar-refractivity contribution in [2.45, 2.75) is 25.6 Å². The molecule has 0 aliphatic carbocycles. The van der Waals surface area contributed by atoms with E-state index in [4.69, 9.17) is 21.1 Å². The Hall–Kier alpha value is -2.44. The fourth-order valence-corrected chi connectivity index (χ4v) is 2.97. The fourth-order valence-electron chi connectivity index (χ4n) is 2.80. The molecular formula is C18H16ClN3O3. The maximum absolute atomic E-state index is 10.9. The number of benzene rings is 2. The third-order valence-corrected chi connectivity index (χ3v) is 4.31. The number of hydrogen-bond donors (Lipinski definition) is 0. The smallest absolute Gasteiger partial charge is 0.199 e. The lowest BCUT2D eigenvalue weighted by molar-refractivity contribution is -0.105. The Morgan fingerprint density at radius 3 is 2.84 bits per heavy atom. The second kappa shape index (κ2) is 6.82. The van der Waals surface area contributed by atoms with Gasteiger partial charge in [-0.3, -0.25) is 4.79 Å². The number of aldehydes is 1. The lowest BCUT2D eigenvalue weighted by atomic mass is 10.2. The molecule has 0 amide bonds. The van der Waals surface area contributed by atoms with Gasteiger partial charge < -0.3 is 9.47 Å². The van der Waals surface area contributed by atoms with Crippen molar-refractivity contribution in [3.8, 4) is 11.4 Å². The molecule has 0 bridgehead atoms. The minimum atomic E-state index is -0.277. The van der Waals surface area contributed by atoms with Crippen LogP contribution in [0.2, 0.25) is 5.02 Å². The van der Waals surface area contributed by atoms with Crippen molar-refractivity contribution in [2.75, 3.05) is 6.61 Å². The highest BCUT2D eigenvalue weighted by molar-refractivity contribution is 6.30. The van der Waals surface area contributed by atoms with Crippen LogP contribution in [0.25, 0.3) is 16.7 Å². The van der Waals surface area contributed by atoms with Crippen molar-refractivity contribution >= 4 is 28.9 Å². The van der Waals surface area contributed by atoms with Gasteiger partial charge in [0.2, 0.25) is 0 Å². The summed E-state index contributed by atoms with van der Waals surface area (Å²) < 4.78 is 11.6. The molecule has 1 aliphatic rings. The third-order valence-electron chi connectivity index (χ3n) is 4.07.